The molecular weight excluding hydrogens is 416 g/mol. The molecule has 0 spiro atoms. The van der Waals surface area contributed by atoms with Gasteiger partial charge in [-0.05, 0) is 85.4 Å². The van der Waals surface area contributed by atoms with Gasteiger partial charge in [0.25, 0.3) is 10.0 Å². The molecule has 140 valence electrons. The maximum absolute atomic E-state index is 12.6. The molecule has 2 rings (SSSR count). The summed E-state index contributed by atoms with van der Waals surface area (Å²) in [4.78, 5) is 2.55. The van der Waals surface area contributed by atoms with Crippen molar-refractivity contribution >= 4 is 32.2 Å². The van der Waals surface area contributed by atoms with Crippen molar-refractivity contribution in [3.05, 3.63) is 57.1 Å². The van der Waals surface area contributed by atoms with E-state index in [4.69, 9.17) is 4.74 Å². The van der Waals surface area contributed by atoms with Gasteiger partial charge in [-0.15, -0.1) is 0 Å². The molecule has 5 nitrogen and oxygen atoms in total. The molecule has 0 aliphatic rings. The fraction of sp³-hybridized carbons (Fsp3) is 0.316. The van der Waals surface area contributed by atoms with E-state index in [0.29, 0.717) is 11.1 Å². The quantitative estimate of drug-likeness (QED) is 0.533. The second-order valence-corrected chi connectivity index (χ2v) is 8.89. The Labute approximate surface area is 163 Å². The van der Waals surface area contributed by atoms with Crippen LogP contribution in [0.15, 0.2) is 44.8 Å². The zero-order valence-corrected chi connectivity index (χ0v) is 17.9. The first-order valence-electron chi connectivity index (χ1n) is 8.19. The second kappa shape index (κ2) is 8.22. The number of aryl methyl sites for hydroxylation is 3. The van der Waals surface area contributed by atoms with Gasteiger partial charge in [0.15, 0.2) is 0 Å². The normalized spacial score (nSPS) is 12.0. The summed E-state index contributed by atoms with van der Waals surface area (Å²) in [5.41, 5.74) is 3.16. The topological polar surface area (TPSA) is 67.8 Å². The van der Waals surface area contributed by atoms with Crippen LogP contribution in [0.2, 0.25) is 0 Å². The molecular formula is C19H23BrN2O3S. The molecule has 1 N–H and O–H groups in total. The van der Waals surface area contributed by atoms with Gasteiger partial charge in [-0.3, -0.25) is 0 Å². The molecule has 0 aliphatic heterocycles. The number of nitrogens with zero attached hydrogens (tertiary/aromatic N) is 1. The van der Waals surface area contributed by atoms with Crippen molar-refractivity contribution in [1.29, 1.82) is 0 Å². The maximum Gasteiger partial charge on any atom is 0.277 e. The summed E-state index contributed by atoms with van der Waals surface area (Å²) in [5.74, 6) is 0.726. The molecule has 7 heteroatoms. The van der Waals surface area contributed by atoms with E-state index >= 15 is 0 Å². The van der Waals surface area contributed by atoms with Gasteiger partial charge in [0.1, 0.15) is 5.75 Å². The Kier molecular flexibility index (Phi) is 6.47. The fourth-order valence-electron chi connectivity index (χ4n) is 2.75. The number of halogens is 1. The summed E-state index contributed by atoms with van der Waals surface area (Å²) in [6.07, 6.45) is 1.53. The minimum absolute atomic E-state index is 0.0682. The van der Waals surface area contributed by atoms with Crippen LogP contribution in [0.25, 0.3) is 0 Å². The highest BCUT2D eigenvalue weighted by atomic mass is 79.9. The number of hydrogen-bond acceptors (Lipinski definition) is 4. The average Bonchev–Trinajstić information content (AvgIpc) is 2.48. The lowest BCUT2D eigenvalue weighted by Crippen LogP contribution is -2.20. The summed E-state index contributed by atoms with van der Waals surface area (Å²) in [5, 5.41) is 3.90. The van der Waals surface area contributed by atoms with Crippen LogP contribution in [0.5, 0.6) is 5.75 Å². The fourth-order valence-corrected chi connectivity index (χ4v) is 4.49. The lowest BCUT2D eigenvalue weighted by atomic mass is 10.1. The van der Waals surface area contributed by atoms with Crippen LogP contribution in [-0.2, 0) is 10.0 Å². The van der Waals surface area contributed by atoms with Crippen LogP contribution in [0.3, 0.4) is 0 Å². The summed E-state index contributed by atoms with van der Waals surface area (Å²) < 4.78 is 31.6. The van der Waals surface area contributed by atoms with Gasteiger partial charge in [-0.2, -0.15) is 13.5 Å². The zero-order chi connectivity index (χ0) is 19.5. The van der Waals surface area contributed by atoms with Crippen LogP contribution < -0.4 is 9.57 Å². The van der Waals surface area contributed by atoms with E-state index in [1.165, 1.54) is 6.21 Å². The lowest BCUT2D eigenvalue weighted by molar-refractivity contribution is 0.241. The summed E-state index contributed by atoms with van der Waals surface area (Å²) in [7, 11) is -3.73. The largest absolute Gasteiger partial charge is 0.490 e. The van der Waals surface area contributed by atoms with Crippen molar-refractivity contribution in [2.75, 3.05) is 0 Å². The van der Waals surface area contributed by atoms with E-state index < -0.39 is 10.0 Å². The highest BCUT2D eigenvalue weighted by Gasteiger charge is 2.19. The monoisotopic (exact) mass is 438 g/mol. The van der Waals surface area contributed by atoms with Gasteiger partial charge in [0.2, 0.25) is 0 Å². The van der Waals surface area contributed by atoms with Crippen LogP contribution in [0.1, 0.15) is 36.1 Å². The maximum atomic E-state index is 12.6. The summed E-state index contributed by atoms with van der Waals surface area (Å²) in [6.45, 7) is 9.40. The second-order valence-electron chi connectivity index (χ2n) is 6.44. The van der Waals surface area contributed by atoms with Crippen molar-refractivity contribution in [3.8, 4) is 5.75 Å². The average molecular weight is 439 g/mol. The number of rotatable bonds is 6. The van der Waals surface area contributed by atoms with E-state index in [-0.39, 0.29) is 11.0 Å². The van der Waals surface area contributed by atoms with Crippen LogP contribution in [0.4, 0.5) is 0 Å². The molecule has 0 saturated carbocycles. The van der Waals surface area contributed by atoms with Crippen LogP contribution in [0, 0.1) is 20.8 Å². The number of benzene rings is 2. The standard InChI is InChI=1S/C19H23BrN2O3S/c1-12(2)25-18-7-6-16(10-17(18)20)11-21-22-26(23,24)19-14(4)8-13(3)9-15(19)5/h6-12,22H,1-5H3/b21-11+. The molecule has 26 heavy (non-hydrogen) atoms. The Morgan fingerprint density at radius 2 is 1.73 bits per heavy atom. The smallest absolute Gasteiger partial charge is 0.277 e. The third-order valence-electron chi connectivity index (χ3n) is 3.58. The van der Waals surface area contributed by atoms with Crippen LogP contribution >= 0.6 is 15.9 Å². The SMILES string of the molecule is Cc1cc(C)c(S(=O)(=O)N/N=C/c2ccc(OC(C)C)c(Br)c2)c(C)c1. The van der Waals surface area contributed by atoms with Gasteiger partial charge in [-0.25, -0.2) is 4.83 Å². The minimum atomic E-state index is -3.73. The van der Waals surface area contributed by atoms with Crippen molar-refractivity contribution in [3.63, 3.8) is 0 Å². The lowest BCUT2D eigenvalue weighted by Gasteiger charge is -2.12. The molecule has 0 fully saturated rings. The molecule has 2 aromatic carbocycles. The van der Waals surface area contributed by atoms with E-state index in [2.05, 4.69) is 25.9 Å². The Balaban J connectivity index is 2.19. The summed E-state index contributed by atoms with van der Waals surface area (Å²) in [6, 6.07) is 9.13. The molecule has 0 saturated heterocycles. The first-order chi connectivity index (χ1) is 12.1. The van der Waals surface area contributed by atoms with E-state index in [9.17, 15) is 8.42 Å². The van der Waals surface area contributed by atoms with Gasteiger partial charge >= 0.3 is 0 Å². The number of ether oxygens (including phenoxy) is 1. The highest BCUT2D eigenvalue weighted by molar-refractivity contribution is 9.10. The molecule has 0 atom stereocenters. The van der Waals surface area contributed by atoms with Crippen molar-refractivity contribution in [1.82, 2.24) is 4.83 Å². The van der Waals surface area contributed by atoms with Gasteiger partial charge in [-0.1, -0.05) is 17.7 Å². The van der Waals surface area contributed by atoms with Crippen molar-refractivity contribution in [2.45, 2.75) is 45.6 Å². The van der Waals surface area contributed by atoms with Crippen molar-refractivity contribution < 1.29 is 13.2 Å². The third kappa shape index (κ3) is 5.08. The Bertz CT molecular complexity index is 915. The number of sulfonamides is 1. The Morgan fingerprint density at radius 3 is 2.27 bits per heavy atom. The Hall–Kier alpha value is -1.86. The Morgan fingerprint density at radius 1 is 1.12 bits per heavy atom. The number of hydrogen-bond donors (Lipinski definition) is 1. The number of nitrogens with one attached hydrogen (secondary N) is 1. The minimum Gasteiger partial charge on any atom is -0.490 e. The molecule has 0 aromatic heterocycles. The molecule has 0 amide bonds. The first kappa shape index (κ1) is 20.5. The first-order valence-corrected chi connectivity index (χ1v) is 10.5. The van der Waals surface area contributed by atoms with Crippen LogP contribution in [-0.4, -0.2) is 20.7 Å². The van der Waals surface area contributed by atoms with E-state index in [1.807, 2.05) is 51.1 Å². The van der Waals surface area contributed by atoms with E-state index in [0.717, 1.165) is 21.3 Å². The molecule has 0 heterocycles. The molecule has 0 aliphatic carbocycles. The number of hydrazone groups is 1. The molecule has 0 unspecified atom stereocenters. The summed E-state index contributed by atoms with van der Waals surface area (Å²) >= 11 is 3.44. The molecule has 0 bridgehead atoms. The molecule has 2 aromatic rings. The third-order valence-corrected chi connectivity index (χ3v) is 5.73. The predicted molar refractivity (Wildman–Crippen MR) is 108 cm³/mol. The predicted octanol–water partition coefficient (Wildman–Crippen LogP) is 4.47. The van der Waals surface area contributed by atoms with Crippen molar-refractivity contribution in [2.24, 2.45) is 5.10 Å². The van der Waals surface area contributed by atoms with Gasteiger partial charge in [0.05, 0.1) is 21.7 Å². The highest BCUT2D eigenvalue weighted by Crippen LogP contribution is 2.26. The molecule has 0 radical (unpaired) electrons. The van der Waals surface area contributed by atoms with E-state index in [1.54, 1.807) is 13.8 Å². The van der Waals surface area contributed by atoms with Gasteiger partial charge in [0, 0.05) is 0 Å². The zero-order valence-electron chi connectivity index (χ0n) is 15.5. The van der Waals surface area contributed by atoms with Gasteiger partial charge < -0.3 is 4.74 Å².